The lowest BCUT2D eigenvalue weighted by molar-refractivity contribution is -0.137. The van der Waals surface area contributed by atoms with E-state index in [-0.39, 0.29) is 17.6 Å². The minimum atomic E-state index is -4.43. The number of alkyl halides is 3. The molecule has 0 unspecified atom stereocenters. The molecule has 1 aliphatic heterocycles. The maximum Gasteiger partial charge on any atom is 0.416 e. The summed E-state index contributed by atoms with van der Waals surface area (Å²) in [6.07, 6.45) is -1.31. The Balaban J connectivity index is 1.90. The highest BCUT2D eigenvalue weighted by Crippen LogP contribution is 2.30. The standard InChI is InChI=1S/C17H19F3N4O/c1-11-15(16(25)23-7-3-5-13(21)10-23)9-22-24(11)14-6-2-4-12(8-14)17(18,19)20/h2,4,6,8-9,13H,3,5,7,10,21H2,1H3/t13-/m1/s1. The molecule has 1 aromatic heterocycles. The molecule has 5 nitrogen and oxygen atoms in total. The van der Waals surface area contributed by atoms with Gasteiger partial charge in [-0.15, -0.1) is 0 Å². The number of likely N-dealkylation sites (tertiary alicyclic amines) is 1. The molecule has 1 fully saturated rings. The molecule has 3 rings (SSSR count). The van der Waals surface area contributed by atoms with Crippen molar-refractivity contribution in [2.24, 2.45) is 5.73 Å². The Kier molecular flexibility index (Phi) is 4.55. The Bertz CT molecular complexity index is 784. The fraction of sp³-hybridized carbons (Fsp3) is 0.412. The van der Waals surface area contributed by atoms with Crippen LogP contribution in [0.5, 0.6) is 0 Å². The van der Waals surface area contributed by atoms with Gasteiger partial charge in [0.25, 0.3) is 5.91 Å². The Morgan fingerprint density at radius 3 is 2.80 bits per heavy atom. The molecule has 0 saturated carbocycles. The first-order valence-corrected chi connectivity index (χ1v) is 8.04. The maximum absolute atomic E-state index is 12.9. The number of carbonyl (C=O) groups excluding carboxylic acids is 1. The van der Waals surface area contributed by atoms with Crippen molar-refractivity contribution in [3.63, 3.8) is 0 Å². The lowest BCUT2D eigenvalue weighted by atomic mass is 10.1. The van der Waals surface area contributed by atoms with Crippen molar-refractivity contribution in [1.82, 2.24) is 14.7 Å². The van der Waals surface area contributed by atoms with E-state index < -0.39 is 11.7 Å². The molecule has 0 aliphatic carbocycles. The molecule has 0 radical (unpaired) electrons. The molecular weight excluding hydrogens is 333 g/mol. The summed E-state index contributed by atoms with van der Waals surface area (Å²) < 4.78 is 40.0. The Morgan fingerprint density at radius 1 is 1.36 bits per heavy atom. The highest BCUT2D eigenvalue weighted by Gasteiger charge is 2.31. The van der Waals surface area contributed by atoms with E-state index in [9.17, 15) is 18.0 Å². The van der Waals surface area contributed by atoms with Crippen molar-refractivity contribution >= 4 is 5.91 Å². The first-order chi connectivity index (χ1) is 11.8. The summed E-state index contributed by atoms with van der Waals surface area (Å²) in [5.74, 6) is -0.189. The SMILES string of the molecule is Cc1c(C(=O)N2CCC[C@@H](N)C2)cnn1-c1cccc(C(F)(F)F)c1. The number of halogens is 3. The third kappa shape index (κ3) is 3.53. The molecule has 2 aromatic rings. The lowest BCUT2D eigenvalue weighted by Crippen LogP contribution is -2.45. The van der Waals surface area contributed by atoms with E-state index in [1.54, 1.807) is 11.8 Å². The average Bonchev–Trinajstić information content (AvgIpc) is 2.95. The van der Waals surface area contributed by atoms with Crippen molar-refractivity contribution in [3.8, 4) is 5.69 Å². The number of amides is 1. The molecule has 0 spiro atoms. The smallest absolute Gasteiger partial charge is 0.337 e. The predicted molar refractivity (Wildman–Crippen MR) is 86.4 cm³/mol. The summed E-state index contributed by atoms with van der Waals surface area (Å²) in [5.41, 5.74) is 6.31. The van der Waals surface area contributed by atoms with Gasteiger partial charge in [0.05, 0.1) is 28.7 Å². The van der Waals surface area contributed by atoms with Crippen molar-refractivity contribution in [2.75, 3.05) is 13.1 Å². The van der Waals surface area contributed by atoms with Gasteiger partial charge in [-0.1, -0.05) is 6.07 Å². The molecule has 134 valence electrons. The van der Waals surface area contributed by atoms with Crippen molar-refractivity contribution < 1.29 is 18.0 Å². The number of nitrogens with zero attached hydrogens (tertiary/aromatic N) is 3. The molecular formula is C17H19F3N4O. The van der Waals surface area contributed by atoms with Crippen LogP contribution in [-0.4, -0.2) is 39.7 Å². The molecule has 1 atom stereocenters. The Morgan fingerprint density at radius 2 is 2.12 bits per heavy atom. The summed E-state index contributed by atoms with van der Waals surface area (Å²) in [7, 11) is 0. The third-order valence-corrected chi connectivity index (χ3v) is 4.40. The molecule has 8 heteroatoms. The topological polar surface area (TPSA) is 64.2 Å². The molecule has 1 amide bonds. The molecule has 2 heterocycles. The van der Waals surface area contributed by atoms with Gasteiger partial charge in [0.2, 0.25) is 0 Å². The molecule has 0 bridgehead atoms. The quantitative estimate of drug-likeness (QED) is 0.904. The highest BCUT2D eigenvalue weighted by atomic mass is 19.4. The third-order valence-electron chi connectivity index (χ3n) is 4.40. The number of carbonyl (C=O) groups is 1. The molecule has 25 heavy (non-hydrogen) atoms. The van der Waals surface area contributed by atoms with Crippen LogP contribution in [0.2, 0.25) is 0 Å². The van der Waals surface area contributed by atoms with E-state index in [2.05, 4.69) is 5.10 Å². The van der Waals surface area contributed by atoms with Crippen LogP contribution >= 0.6 is 0 Å². The fourth-order valence-corrected chi connectivity index (χ4v) is 3.06. The van der Waals surface area contributed by atoms with E-state index in [4.69, 9.17) is 5.73 Å². The van der Waals surface area contributed by atoms with E-state index in [0.717, 1.165) is 25.0 Å². The number of benzene rings is 1. The minimum Gasteiger partial charge on any atom is -0.337 e. The second-order valence-electron chi connectivity index (χ2n) is 6.26. The molecule has 2 N–H and O–H groups in total. The number of nitrogens with two attached hydrogens (primary N) is 1. The van der Waals surface area contributed by atoms with E-state index in [1.807, 2.05) is 0 Å². The zero-order chi connectivity index (χ0) is 18.2. The zero-order valence-corrected chi connectivity index (χ0v) is 13.8. The summed E-state index contributed by atoms with van der Waals surface area (Å²) in [5, 5.41) is 4.11. The average molecular weight is 352 g/mol. The number of hydrogen-bond acceptors (Lipinski definition) is 3. The normalized spacial score (nSPS) is 18.4. The van der Waals surface area contributed by atoms with Gasteiger partial charge in [-0.2, -0.15) is 18.3 Å². The van der Waals surface area contributed by atoms with Crippen LogP contribution < -0.4 is 5.73 Å². The van der Waals surface area contributed by atoms with Gasteiger partial charge in [-0.05, 0) is 38.0 Å². The van der Waals surface area contributed by atoms with Crippen LogP contribution in [0.15, 0.2) is 30.5 Å². The second-order valence-corrected chi connectivity index (χ2v) is 6.26. The molecule has 1 aromatic carbocycles. The molecule has 1 aliphatic rings. The van der Waals surface area contributed by atoms with Crippen molar-refractivity contribution in [1.29, 1.82) is 0 Å². The number of rotatable bonds is 2. The van der Waals surface area contributed by atoms with Crippen LogP contribution in [0, 0.1) is 6.92 Å². The molecule has 1 saturated heterocycles. The lowest BCUT2D eigenvalue weighted by Gasteiger charge is -2.30. The summed E-state index contributed by atoms with van der Waals surface area (Å²) in [6.45, 7) is 2.78. The minimum absolute atomic E-state index is 0.0449. The monoisotopic (exact) mass is 352 g/mol. The number of aromatic nitrogens is 2. The predicted octanol–water partition coefficient (Wildman–Crippen LogP) is 2.76. The fourth-order valence-electron chi connectivity index (χ4n) is 3.06. The van der Waals surface area contributed by atoms with E-state index in [1.165, 1.54) is 23.0 Å². The van der Waals surface area contributed by atoms with Crippen LogP contribution in [0.4, 0.5) is 13.2 Å². The van der Waals surface area contributed by atoms with E-state index >= 15 is 0 Å². The van der Waals surface area contributed by atoms with Gasteiger partial charge in [-0.3, -0.25) is 4.79 Å². The van der Waals surface area contributed by atoms with Crippen LogP contribution in [0.3, 0.4) is 0 Å². The zero-order valence-electron chi connectivity index (χ0n) is 13.8. The Labute approximate surface area is 143 Å². The van der Waals surface area contributed by atoms with Gasteiger partial charge in [0, 0.05) is 19.1 Å². The van der Waals surface area contributed by atoms with Crippen LogP contribution in [-0.2, 0) is 6.18 Å². The number of hydrogen-bond donors (Lipinski definition) is 1. The van der Waals surface area contributed by atoms with Gasteiger partial charge in [0.15, 0.2) is 0 Å². The first-order valence-electron chi connectivity index (χ1n) is 8.04. The summed E-state index contributed by atoms with van der Waals surface area (Å²) in [4.78, 5) is 14.3. The maximum atomic E-state index is 12.9. The Hall–Kier alpha value is -2.35. The van der Waals surface area contributed by atoms with Crippen molar-refractivity contribution in [2.45, 2.75) is 32.0 Å². The van der Waals surface area contributed by atoms with Crippen LogP contribution in [0.25, 0.3) is 5.69 Å². The van der Waals surface area contributed by atoms with Crippen LogP contribution in [0.1, 0.15) is 34.5 Å². The van der Waals surface area contributed by atoms with Gasteiger partial charge < -0.3 is 10.6 Å². The largest absolute Gasteiger partial charge is 0.416 e. The second kappa shape index (κ2) is 6.51. The highest BCUT2D eigenvalue weighted by molar-refractivity contribution is 5.95. The van der Waals surface area contributed by atoms with Gasteiger partial charge in [0.1, 0.15) is 0 Å². The van der Waals surface area contributed by atoms with Gasteiger partial charge in [-0.25, -0.2) is 4.68 Å². The van der Waals surface area contributed by atoms with Crippen molar-refractivity contribution in [3.05, 3.63) is 47.3 Å². The summed E-state index contributed by atoms with van der Waals surface area (Å²) >= 11 is 0. The number of piperidine rings is 1. The summed E-state index contributed by atoms with van der Waals surface area (Å²) in [6, 6.07) is 4.83. The van der Waals surface area contributed by atoms with E-state index in [0.29, 0.717) is 24.3 Å². The van der Waals surface area contributed by atoms with Gasteiger partial charge >= 0.3 is 6.18 Å². The first kappa shape index (κ1) is 17.5.